The maximum Gasteiger partial charge on any atom is 0.308 e. The van der Waals surface area contributed by atoms with E-state index in [9.17, 15) is 34.8 Å². The molecule has 9 heteroatoms. The molecule has 0 amide bonds. The molecular weight excluding hydrogens is 459 g/mol. The number of aliphatic hydroxyl groups is 4. The van der Waals surface area contributed by atoms with Crippen LogP contribution in [0, 0.1) is 0 Å². The van der Waals surface area contributed by atoms with Gasteiger partial charge in [0.15, 0.2) is 5.78 Å². The van der Waals surface area contributed by atoms with Gasteiger partial charge in [0.05, 0.1) is 0 Å². The zero-order valence-corrected chi connectivity index (χ0v) is 18.1. The summed E-state index contributed by atoms with van der Waals surface area (Å²) in [5.74, 6) is -12.5. The van der Waals surface area contributed by atoms with Gasteiger partial charge < -0.3 is 25.2 Å². The second-order valence-corrected chi connectivity index (χ2v) is 8.14. The van der Waals surface area contributed by atoms with Crippen LogP contribution in [0.4, 0.5) is 4.39 Å². The molecule has 0 spiro atoms. The highest BCUT2D eigenvalue weighted by Gasteiger charge is 2.81. The number of ketones is 3. The predicted octanol–water partition coefficient (Wildman–Crippen LogP) is 1.47. The Morgan fingerprint density at radius 2 is 1.11 bits per heavy atom. The highest BCUT2D eigenvalue weighted by atomic mass is 19.2. The van der Waals surface area contributed by atoms with Crippen molar-refractivity contribution >= 4 is 17.3 Å². The predicted molar refractivity (Wildman–Crippen MR) is 119 cm³/mol. The fourth-order valence-electron chi connectivity index (χ4n) is 4.08. The van der Waals surface area contributed by atoms with E-state index in [0.29, 0.717) is 0 Å². The Bertz CT molecular complexity index is 1250. The van der Waals surface area contributed by atoms with Gasteiger partial charge in [-0.2, -0.15) is 0 Å². The number of ether oxygens (including phenoxy) is 1. The largest absolute Gasteiger partial charge is 0.382 e. The summed E-state index contributed by atoms with van der Waals surface area (Å²) < 4.78 is 21.2. The maximum atomic E-state index is 16.1. The molecule has 3 aromatic rings. The molecule has 0 radical (unpaired) electrons. The van der Waals surface area contributed by atoms with Crippen LogP contribution in [0.25, 0.3) is 0 Å². The Morgan fingerprint density at radius 1 is 0.714 bits per heavy atom. The normalized spacial score (nSPS) is 28.9. The monoisotopic (exact) mass is 480 g/mol. The molecule has 1 aliphatic heterocycles. The third kappa shape index (κ3) is 3.70. The third-order valence-electron chi connectivity index (χ3n) is 6.00. The number of carbonyl (C=O) groups excluding carboxylic acids is 3. The minimum absolute atomic E-state index is 0.0923. The molecule has 1 unspecified atom stereocenters. The quantitative estimate of drug-likeness (QED) is 0.373. The molecule has 0 aromatic heterocycles. The lowest BCUT2D eigenvalue weighted by molar-refractivity contribution is -0.291. The molecule has 1 aliphatic rings. The summed E-state index contributed by atoms with van der Waals surface area (Å²) in [7, 11) is 0. The Kier molecular flexibility index (Phi) is 6.22. The van der Waals surface area contributed by atoms with Crippen LogP contribution in [0.1, 0.15) is 31.1 Å². The fourth-order valence-corrected chi connectivity index (χ4v) is 4.08. The van der Waals surface area contributed by atoms with Gasteiger partial charge >= 0.3 is 5.85 Å². The van der Waals surface area contributed by atoms with E-state index >= 15 is 4.39 Å². The highest BCUT2D eigenvalue weighted by Crippen LogP contribution is 2.50. The number of aliphatic hydroxyl groups excluding tert-OH is 1. The van der Waals surface area contributed by atoms with E-state index < -0.39 is 46.8 Å². The Morgan fingerprint density at radius 3 is 1.57 bits per heavy atom. The van der Waals surface area contributed by atoms with Gasteiger partial charge in [-0.3, -0.25) is 14.4 Å². The van der Waals surface area contributed by atoms with Crippen molar-refractivity contribution in [2.24, 2.45) is 0 Å². The van der Waals surface area contributed by atoms with E-state index in [1.54, 1.807) is 6.07 Å². The fraction of sp³-hybridized carbons (Fsp3) is 0.192. The first-order valence-corrected chi connectivity index (χ1v) is 10.6. The smallest absolute Gasteiger partial charge is 0.308 e. The van der Waals surface area contributed by atoms with Crippen molar-refractivity contribution in [3.8, 4) is 0 Å². The molecule has 1 heterocycles. The van der Waals surface area contributed by atoms with Gasteiger partial charge in [0.2, 0.25) is 17.2 Å². The Hall–Kier alpha value is -3.60. The van der Waals surface area contributed by atoms with Crippen molar-refractivity contribution in [1.82, 2.24) is 0 Å². The summed E-state index contributed by atoms with van der Waals surface area (Å²) >= 11 is 0. The molecule has 35 heavy (non-hydrogen) atoms. The van der Waals surface area contributed by atoms with E-state index in [4.69, 9.17) is 4.74 Å². The van der Waals surface area contributed by atoms with E-state index in [1.165, 1.54) is 84.9 Å². The van der Waals surface area contributed by atoms with Gasteiger partial charge in [-0.05, 0) is 0 Å². The molecule has 0 bridgehead atoms. The number of benzene rings is 3. The second kappa shape index (κ2) is 8.88. The first kappa shape index (κ1) is 24.5. The summed E-state index contributed by atoms with van der Waals surface area (Å²) in [6.45, 7) is 0. The molecular formula is C26H21FO8. The summed E-state index contributed by atoms with van der Waals surface area (Å²) in [5, 5.41) is 44.0. The van der Waals surface area contributed by atoms with Gasteiger partial charge in [-0.1, -0.05) is 91.0 Å². The second-order valence-electron chi connectivity index (χ2n) is 8.14. The molecule has 3 aromatic carbocycles. The van der Waals surface area contributed by atoms with Gasteiger partial charge in [-0.15, -0.1) is 0 Å². The first-order chi connectivity index (χ1) is 16.6. The van der Waals surface area contributed by atoms with Crippen LogP contribution in [-0.2, 0) is 4.74 Å². The molecule has 8 nitrogen and oxygen atoms in total. The number of carbonyl (C=O) groups is 3. The van der Waals surface area contributed by atoms with E-state index in [0.717, 1.165) is 0 Å². The Labute approximate surface area is 198 Å². The average Bonchev–Trinajstić information content (AvgIpc) is 3.07. The lowest BCUT2D eigenvalue weighted by Gasteiger charge is -2.36. The van der Waals surface area contributed by atoms with Crippen LogP contribution in [0.2, 0.25) is 0 Å². The average molecular weight is 480 g/mol. The zero-order valence-electron chi connectivity index (χ0n) is 18.1. The van der Waals surface area contributed by atoms with Crippen LogP contribution < -0.4 is 0 Å². The van der Waals surface area contributed by atoms with Crippen LogP contribution in [-0.4, -0.2) is 67.2 Å². The van der Waals surface area contributed by atoms with E-state index in [1.807, 2.05) is 0 Å². The minimum atomic E-state index is -4.48. The van der Waals surface area contributed by atoms with Crippen molar-refractivity contribution in [2.75, 3.05) is 0 Å². The number of hydrogen-bond donors (Lipinski definition) is 4. The molecule has 180 valence electrons. The molecule has 0 saturated carbocycles. The summed E-state index contributed by atoms with van der Waals surface area (Å²) in [6, 6.07) is 20.4. The maximum absolute atomic E-state index is 16.1. The summed E-state index contributed by atoms with van der Waals surface area (Å²) in [4.78, 5) is 39.3. The van der Waals surface area contributed by atoms with Crippen LogP contribution in [0.15, 0.2) is 91.0 Å². The van der Waals surface area contributed by atoms with Gasteiger partial charge in [0.1, 0.15) is 12.2 Å². The third-order valence-corrected chi connectivity index (χ3v) is 6.00. The lowest BCUT2D eigenvalue weighted by Crippen LogP contribution is -2.68. The van der Waals surface area contributed by atoms with Crippen molar-refractivity contribution < 1.29 is 43.9 Å². The van der Waals surface area contributed by atoms with Crippen molar-refractivity contribution in [2.45, 2.75) is 29.5 Å². The van der Waals surface area contributed by atoms with Crippen LogP contribution >= 0.6 is 0 Å². The SMILES string of the molecule is O=C(c1ccccc1)C(O)[C@@H]1O[C@](O)(C(=O)c2ccccc2)[C@@](O)(F)[C@]1(O)C(=O)c1ccccc1. The van der Waals surface area contributed by atoms with Crippen LogP contribution in [0.5, 0.6) is 0 Å². The molecule has 1 fully saturated rings. The van der Waals surface area contributed by atoms with E-state index in [2.05, 4.69) is 0 Å². The first-order valence-electron chi connectivity index (χ1n) is 10.6. The molecule has 5 atom stereocenters. The number of halogens is 1. The zero-order chi connectivity index (χ0) is 25.4. The topological polar surface area (TPSA) is 141 Å². The number of rotatable bonds is 7. The van der Waals surface area contributed by atoms with Crippen molar-refractivity contribution in [3.63, 3.8) is 0 Å². The summed E-state index contributed by atoms with van der Waals surface area (Å²) in [6.07, 6.45) is -5.04. The summed E-state index contributed by atoms with van der Waals surface area (Å²) in [5.41, 5.74) is -4.52. The van der Waals surface area contributed by atoms with Gasteiger partial charge in [0.25, 0.3) is 5.79 Å². The highest BCUT2D eigenvalue weighted by molar-refractivity contribution is 6.09. The lowest BCUT2D eigenvalue weighted by atomic mass is 9.76. The number of hydrogen-bond acceptors (Lipinski definition) is 8. The standard InChI is InChI=1S/C26H21FO8/c27-26(34)24(32,21(30)17-12-6-2-7-13-17)23(20(29)19(28)16-10-4-1-5-11-16)35-25(26,33)22(31)18-14-8-3-9-15-18/h1-15,20,23,29,32-34H/t20?,23-,24-,25+,26+/m0/s1. The number of alkyl halides is 1. The van der Waals surface area contributed by atoms with Gasteiger partial charge in [0, 0.05) is 16.7 Å². The molecule has 0 aliphatic carbocycles. The van der Waals surface area contributed by atoms with Crippen molar-refractivity contribution in [1.29, 1.82) is 0 Å². The van der Waals surface area contributed by atoms with E-state index in [-0.39, 0.29) is 16.7 Å². The molecule has 4 rings (SSSR count). The van der Waals surface area contributed by atoms with Gasteiger partial charge in [-0.25, -0.2) is 4.39 Å². The van der Waals surface area contributed by atoms with Crippen molar-refractivity contribution in [3.05, 3.63) is 108 Å². The molecule has 4 N–H and O–H groups in total. The van der Waals surface area contributed by atoms with Crippen LogP contribution in [0.3, 0.4) is 0 Å². The molecule has 1 saturated heterocycles. The number of Topliss-reactive ketones (excluding diaryl/α,β-unsaturated/α-hetero) is 3. The Balaban J connectivity index is 1.86. The minimum Gasteiger partial charge on any atom is -0.382 e.